The number of rotatable bonds is 2. The molecule has 1 unspecified atom stereocenters. The third-order valence-electron chi connectivity index (χ3n) is 0.562. The zero-order chi connectivity index (χ0) is 4.99. The van der Waals surface area contributed by atoms with Crippen LogP contribution in [0.1, 0.15) is 19.8 Å². The highest BCUT2D eigenvalue weighted by Crippen LogP contribution is 1.87. The molecule has 35 valence electrons. The molecule has 0 saturated carbocycles. The van der Waals surface area contributed by atoms with Gasteiger partial charge in [0.25, 0.3) is 0 Å². The van der Waals surface area contributed by atoms with Crippen LogP contribution in [-0.4, -0.2) is 21.1 Å². The van der Waals surface area contributed by atoms with E-state index in [1.807, 2.05) is 6.92 Å². The Labute approximate surface area is 41.8 Å². The Morgan fingerprint density at radius 2 is 2.33 bits per heavy atom. The largest absolute Gasteiger partial charge is 0.397 e. The van der Waals surface area contributed by atoms with Crippen LogP contribution in [0.15, 0.2) is 0 Å². The standard InChI is InChI=1S/C4H9OSi/c1-2-3-4(5)6/h4-5H,2-3H2,1H3. The van der Waals surface area contributed by atoms with Crippen molar-refractivity contribution in [2.75, 3.05) is 0 Å². The number of hydrogen-bond donors (Lipinski definition) is 1. The highest BCUT2D eigenvalue weighted by molar-refractivity contribution is 6.10. The molecule has 0 heterocycles. The van der Waals surface area contributed by atoms with Gasteiger partial charge < -0.3 is 5.11 Å². The van der Waals surface area contributed by atoms with Crippen molar-refractivity contribution in [1.29, 1.82) is 0 Å². The number of aliphatic hydroxyl groups is 1. The minimum atomic E-state index is -0.296. The third-order valence-corrected chi connectivity index (χ3v) is 0.851. The molecule has 0 amide bonds. The molecule has 2 heteroatoms. The van der Waals surface area contributed by atoms with Gasteiger partial charge in [0.1, 0.15) is 0 Å². The molecule has 0 aromatic carbocycles. The van der Waals surface area contributed by atoms with Gasteiger partial charge in [0, 0.05) is 5.73 Å². The number of hydrogen-bond acceptors (Lipinski definition) is 1. The average molecular weight is 101 g/mol. The lowest BCUT2D eigenvalue weighted by molar-refractivity contribution is 0.244. The van der Waals surface area contributed by atoms with Crippen LogP contribution in [0.4, 0.5) is 0 Å². The summed E-state index contributed by atoms with van der Waals surface area (Å²) in [5, 5.41) is 8.47. The Morgan fingerprint density at radius 1 is 1.83 bits per heavy atom. The zero-order valence-corrected chi connectivity index (χ0v) is 4.94. The maximum atomic E-state index is 8.47. The minimum absolute atomic E-state index is 0.296. The van der Waals surface area contributed by atoms with Gasteiger partial charge in [-0.05, 0) is 6.42 Å². The first-order valence-corrected chi connectivity index (χ1v) is 2.74. The van der Waals surface area contributed by atoms with Crippen molar-refractivity contribution >= 4 is 10.2 Å². The van der Waals surface area contributed by atoms with E-state index in [4.69, 9.17) is 5.11 Å². The van der Waals surface area contributed by atoms with Crippen molar-refractivity contribution < 1.29 is 5.11 Å². The Balaban J connectivity index is 2.63. The fourth-order valence-electron chi connectivity index (χ4n) is 0.273. The lowest BCUT2D eigenvalue weighted by Gasteiger charge is -1.95. The molecule has 0 rings (SSSR count). The predicted octanol–water partition coefficient (Wildman–Crippen LogP) is 0.273. The average Bonchev–Trinajstić information content (AvgIpc) is 1.35. The van der Waals surface area contributed by atoms with E-state index in [1.165, 1.54) is 0 Å². The Hall–Kier alpha value is 0.177. The Morgan fingerprint density at radius 3 is 2.33 bits per heavy atom. The second-order valence-electron chi connectivity index (χ2n) is 1.30. The summed E-state index contributed by atoms with van der Waals surface area (Å²) in [5.74, 6) is 0. The van der Waals surface area contributed by atoms with E-state index in [1.54, 1.807) is 0 Å². The highest BCUT2D eigenvalue weighted by Gasteiger charge is 1.87. The van der Waals surface area contributed by atoms with Crippen LogP contribution >= 0.6 is 0 Å². The molecule has 1 nitrogen and oxygen atoms in total. The van der Waals surface area contributed by atoms with Gasteiger partial charge in [-0.3, -0.25) is 0 Å². The summed E-state index contributed by atoms with van der Waals surface area (Å²) in [6.45, 7) is 2.03. The van der Waals surface area contributed by atoms with E-state index in [-0.39, 0.29) is 5.73 Å². The molecule has 0 aliphatic rings. The first-order chi connectivity index (χ1) is 2.77. The molecular formula is C4H9OSi. The Kier molecular flexibility index (Phi) is 3.47. The maximum Gasteiger partial charge on any atom is 0.0653 e. The first kappa shape index (κ1) is 6.18. The fraction of sp³-hybridized carbons (Fsp3) is 1.00. The molecule has 0 aliphatic carbocycles. The molecule has 0 saturated heterocycles. The van der Waals surface area contributed by atoms with Crippen LogP contribution < -0.4 is 0 Å². The summed E-state index contributed by atoms with van der Waals surface area (Å²) in [4.78, 5) is 0. The van der Waals surface area contributed by atoms with Gasteiger partial charge in [-0.15, -0.1) is 0 Å². The summed E-state index contributed by atoms with van der Waals surface area (Å²) in [7, 11) is 3.03. The summed E-state index contributed by atoms with van der Waals surface area (Å²) >= 11 is 0. The monoisotopic (exact) mass is 101 g/mol. The predicted molar refractivity (Wildman–Crippen MR) is 26.7 cm³/mol. The van der Waals surface area contributed by atoms with E-state index in [0.29, 0.717) is 0 Å². The van der Waals surface area contributed by atoms with Gasteiger partial charge in [0.15, 0.2) is 0 Å². The summed E-state index contributed by atoms with van der Waals surface area (Å²) in [6.07, 6.45) is 1.88. The molecular weight excluding hydrogens is 92.1 g/mol. The van der Waals surface area contributed by atoms with Crippen molar-refractivity contribution in [2.45, 2.75) is 25.5 Å². The first-order valence-electron chi connectivity index (χ1n) is 2.16. The van der Waals surface area contributed by atoms with Gasteiger partial charge in [-0.2, -0.15) is 0 Å². The summed E-state index contributed by atoms with van der Waals surface area (Å²) in [5.41, 5.74) is -0.296. The summed E-state index contributed by atoms with van der Waals surface area (Å²) < 4.78 is 0. The quantitative estimate of drug-likeness (QED) is 0.495. The molecule has 0 aromatic rings. The van der Waals surface area contributed by atoms with Crippen LogP contribution in [-0.2, 0) is 0 Å². The van der Waals surface area contributed by atoms with E-state index < -0.39 is 0 Å². The van der Waals surface area contributed by atoms with Crippen molar-refractivity contribution in [2.24, 2.45) is 0 Å². The van der Waals surface area contributed by atoms with Crippen LogP contribution in [0.5, 0.6) is 0 Å². The number of aliphatic hydroxyl groups excluding tert-OH is 1. The minimum Gasteiger partial charge on any atom is -0.397 e. The summed E-state index contributed by atoms with van der Waals surface area (Å²) in [6, 6.07) is 0. The SMILES string of the molecule is CCCC(O)[Si]. The molecule has 3 radical (unpaired) electrons. The van der Waals surface area contributed by atoms with Crippen LogP contribution in [0.3, 0.4) is 0 Å². The molecule has 0 bridgehead atoms. The lowest BCUT2D eigenvalue weighted by Crippen LogP contribution is -2.02. The molecule has 0 spiro atoms. The van der Waals surface area contributed by atoms with Gasteiger partial charge in [0.2, 0.25) is 0 Å². The normalized spacial score (nSPS) is 14.5. The molecule has 1 N–H and O–H groups in total. The second kappa shape index (κ2) is 3.37. The van der Waals surface area contributed by atoms with Gasteiger partial charge in [-0.1, -0.05) is 13.3 Å². The zero-order valence-electron chi connectivity index (χ0n) is 3.94. The molecule has 0 aromatic heterocycles. The topological polar surface area (TPSA) is 20.2 Å². The van der Waals surface area contributed by atoms with Crippen LogP contribution in [0.2, 0.25) is 0 Å². The highest BCUT2D eigenvalue weighted by atomic mass is 28.1. The molecule has 1 atom stereocenters. The third kappa shape index (κ3) is 4.18. The fourth-order valence-corrected chi connectivity index (χ4v) is 0.562. The van der Waals surface area contributed by atoms with Crippen LogP contribution in [0, 0.1) is 0 Å². The van der Waals surface area contributed by atoms with E-state index in [2.05, 4.69) is 10.2 Å². The van der Waals surface area contributed by atoms with E-state index >= 15 is 0 Å². The van der Waals surface area contributed by atoms with Crippen molar-refractivity contribution in [3.8, 4) is 0 Å². The van der Waals surface area contributed by atoms with Gasteiger partial charge in [0.05, 0.1) is 10.2 Å². The van der Waals surface area contributed by atoms with Crippen molar-refractivity contribution in [1.82, 2.24) is 0 Å². The maximum absolute atomic E-state index is 8.47. The van der Waals surface area contributed by atoms with Gasteiger partial charge >= 0.3 is 0 Å². The van der Waals surface area contributed by atoms with Crippen molar-refractivity contribution in [3.05, 3.63) is 0 Å². The van der Waals surface area contributed by atoms with E-state index in [0.717, 1.165) is 12.8 Å². The van der Waals surface area contributed by atoms with E-state index in [9.17, 15) is 0 Å². The van der Waals surface area contributed by atoms with Crippen LogP contribution in [0.25, 0.3) is 0 Å². The molecule has 6 heavy (non-hydrogen) atoms. The van der Waals surface area contributed by atoms with Crippen molar-refractivity contribution in [3.63, 3.8) is 0 Å². The molecule has 0 aliphatic heterocycles. The Bertz CT molecular complexity index is 28.7. The van der Waals surface area contributed by atoms with Gasteiger partial charge in [-0.25, -0.2) is 0 Å². The molecule has 0 fully saturated rings. The second-order valence-corrected chi connectivity index (χ2v) is 1.97. The smallest absolute Gasteiger partial charge is 0.0653 e. The lowest BCUT2D eigenvalue weighted by atomic mass is 10.4.